The molecule has 3 rings (SSSR count). The van der Waals surface area contributed by atoms with Crippen LogP contribution in [0, 0.1) is 11.6 Å². The molecule has 0 atom stereocenters. The van der Waals surface area contributed by atoms with Gasteiger partial charge in [-0.25, -0.2) is 8.78 Å². The average Bonchev–Trinajstić information content (AvgIpc) is 2.94. The van der Waals surface area contributed by atoms with Crippen molar-refractivity contribution in [3.8, 4) is 0 Å². The first-order valence-corrected chi connectivity index (χ1v) is 7.10. The Morgan fingerprint density at radius 2 is 1.92 bits per heavy atom. The number of benzene rings is 2. The molecule has 0 spiro atoms. The SMILES string of the molecule is C=C(C(N)=O)c1n[nH]c2ccc(NCc3cc(F)cc(F)c3)cc12. The highest BCUT2D eigenvalue weighted by atomic mass is 19.1. The predicted octanol–water partition coefficient (Wildman–Crippen LogP) is 2.95. The number of primary amides is 1. The quantitative estimate of drug-likeness (QED) is 0.630. The van der Waals surface area contributed by atoms with Crippen LogP contribution in [0.15, 0.2) is 43.0 Å². The minimum atomic E-state index is -0.656. The fourth-order valence-electron chi connectivity index (χ4n) is 2.39. The van der Waals surface area contributed by atoms with E-state index >= 15 is 0 Å². The minimum Gasteiger partial charge on any atom is -0.381 e. The van der Waals surface area contributed by atoms with E-state index in [9.17, 15) is 13.6 Å². The summed E-state index contributed by atoms with van der Waals surface area (Å²) in [7, 11) is 0. The zero-order valence-electron chi connectivity index (χ0n) is 12.6. The molecule has 1 heterocycles. The highest BCUT2D eigenvalue weighted by Gasteiger charge is 2.13. The Morgan fingerprint density at radius 3 is 2.58 bits per heavy atom. The molecule has 0 aliphatic rings. The lowest BCUT2D eigenvalue weighted by molar-refractivity contribution is -0.112. The Kier molecular flexibility index (Phi) is 3.99. The number of H-pyrrole nitrogens is 1. The molecule has 0 bridgehead atoms. The van der Waals surface area contributed by atoms with Crippen LogP contribution in [-0.2, 0) is 11.3 Å². The van der Waals surface area contributed by atoms with Gasteiger partial charge in [0.2, 0.25) is 5.91 Å². The van der Waals surface area contributed by atoms with Crippen molar-refractivity contribution < 1.29 is 13.6 Å². The Balaban J connectivity index is 1.86. The zero-order valence-corrected chi connectivity index (χ0v) is 12.6. The van der Waals surface area contributed by atoms with Crippen molar-refractivity contribution >= 4 is 28.1 Å². The van der Waals surface area contributed by atoms with Gasteiger partial charge >= 0.3 is 0 Å². The van der Waals surface area contributed by atoms with Crippen LogP contribution in [0.4, 0.5) is 14.5 Å². The fourth-order valence-corrected chi connectivity index (χ4v) is 2.39. The topological polar surface area (TPSA) is 83.8 Å². The van der Waals surface area contributed by atoms with Gasteiger partial charge in [-0.15, -0.1) is 0 Å². The number of amides is 1. The first-order chi connectivity index (χ1) is 11.4. The number of nitrogens with two attached hydrogens (primary N) is 1. The van der Waals surface area contributed by atoms with Crippen molar-refractivity contribution in [2.45, 2.75) is 6.54 Å². The summed E-state index contributed by atoms with van der Waals surface area (Å²) in [6.07, 6.45) is 0. The first-order valence-electron chi connectivity index (χ1n) is 7.10. The molecule has 7 heteroatoms. The van der Waals surface area contributed by atoms with Crippen molar-refractivity contribution in [1.29, 1.82) is 0 Å². The maximum absolute atomic E-state index is 13.2. The van der Waals surface area contributed by atoms with Gasteiger partial charge in [0, 0.05) is 23.7 Å². The van der Waals surface area contributed by atoms with Gasteiger partial charge in [0.1, 0.15) is 17.3 Å². The van der Waals surface area contributed by atoms with E-state index < -0.39 is 17.5 Å². The third kappa shape index (κ3) is 3.10. The lowest BCUT2D eigenvalue weighted by Gasteiger charge is -2.07. The van der Waals surface area contributed by atoms with E-state index in [4.69, 9.17) is 5.73 Å². The Morgan fingerprint density at radius 1 is 1.21 bits per heavy atom. The minimum absolute atomic E-state index is 0.102. The second-order valence-electron chi connectivity index (χ2n) is 5.31. The molecule has 0 aliphatic heterocycles. The Labute approximate surface area is 136 Å². The summed E-state index contributed by atoms with van der Waals surface area (Å²) in [6.45, 7) is 3.87. The number of aromatic nitrogens is 2. The van der Waals surface area contributed by atoms with Crippen LogP contribution in [-0.4, -0.2) is 16.1 Å². The van der Waals surface area contributed by atoms with Crippen LogP contribution < -0.4 is 11.1 Å². The molecule has 0 aliphatic carbocycles. The van der Waals surface area contributed by atoms with Crippen molar-refractivity contribution in [3.63, 3.8) is 0 Å². The van der Waals surface area contributed by atoms with E-state index in [1.54, 1.807) is 18.2 Å². The standard InChI is InChI=1S/C17H14F2N4O/c1-9(17(20)24)16-14-7-13(2-3-15(14)22-23-16)21-8-10-4-11(18)6-12(19)5-10/h2-7,21H,1,8H2,(H2,20,24)(H,22,23). The number of hydrogen-bond donors (Lipinski definition) is 3. The molecular weight excluding hydrogens is 314 g/mol. The second-order valence-corrected chi connectivity index (χ2v) is 5.31. The Hall–Kier alpha value is -3.22. The molecule has 1 aromatic heterocycles. The lowest BCUT2D eigenvalue weighted by Crippen LogP contribution is -2.12. The summed E-state index contributed by atoms with van der Waals surface area (Å²) >= 11 is 0. The van der Waals surface area contributed by atoms with E-state index in [1.165, 1.54) is 12.1 Å². The van der Waals surface area contributed by atoms with Gasteiger partial charge < -0.3 is 11.1 Å². The van der Waals surface area contributed by atoms with Crippen molar-refractivity contribution in [2.24, 2.45) is 5.73 Å². The normalized spacial score (nSPS) is 10.8. The fraction of sp³-hybridized carbons (Fsp3) is 0.0588. The van der Waals surface area contributed by atoms with Gasteiger partial charge in [-0.05, 0) is 35.9 Å². The number of fused-ring (bicyclic) bond motifs is 1. The number of rotatable bonds is 5. The second kappa shape index (κ2) is 6.11. The lowest BCUT2D eigenvalue weighted by atomic mass is 10.1. The number of anilines is 1. The third-order valence-electron chi connectivity index (χ3n) is 3.57. The van der Waals surface area contributed by atoms with E-state index in [1.807, 2.05) is 0 Å². The summed E-state index contributed by atoms with van der Waals surface area (Å²) < 4.78 is 26.4. The highest BCUT2D eigenvalue weighted by molar-refractivity contribution is 6.20. The number of hydrogen-bond acceptors (Lipinski definition) is 3. The van der Waals surface area contributed by atoms with Crippen LogP contribution in [0.25, 0.3) is 16.5 Å². The molecule has 1 amide bonds. The van der Waals surface area contributed by atoms with E-state index in [2.05, 4.69) is 22.1 Å². The molecule has 122 valence electrons. The maximum Gasteiger partial charge on any atom is 0.250 e. The van der Waals surface area contributed by atoms with E-state index in [0.717, 1.165) is 11.6 Å². The van der Waals surface area contributed by atoms with Crippen molar-refractivity contribution in [1.82, 2.24) is 10.2 Å². The summed E-state index contributed by atoms with van der Waals surface area (Å²) in [5, 5.41) is 10.6. The first kappa shape index (κ1) is 15.7. The molecule has 0 saturated carbocycles. The molecule has 0 fully saturated rings. The molecule has 24 heavy (non-hydrogen) atoms. The van der Waals surface area contributed by atoms with Gasteiger partial charge in [-0.2, -0.15) is 5.10 Å². The largest absolute Gasteiger partial charge is 0.381 e. The summed E-state index contributed by atoms with van der Waals surface area (Å²) in [5.74, 6) is -1.91. The molecule has 0 unspecified atom stereocenters. The molecule has 0 radical (unpaired) electrons. The summed E-state index contributed by atoms with van der Waals surface area (Å²) in [5.41, 5.74) is 7.61. The number of halogens is 2. The number of carbonyl (C=O) groups is 1. The van der Waals surface area contributed by atoms with Gasteiger partial charge in [-0.3, -0.25) is 9.89 Å². The third-order valence-corrected chi connectivity index (χ3v) is 3.57. The van der Waals surface area contributed by atoms with E-state index in [0.29, 0.717) is 22.3 Å². The molecule has 5 nitrogen and oxygen atoms in total. The van der Waals surface area contributed by atoms with Crippen molar-refractivity contribution in [3.05, 3.63) is 65.9 Å². The number of nitrogens with one attached hydrogen (secondary N) is 2. The number of nitrogens with zero attached hydrogens (tertiary/aromatic N) is 1. The van der Waals surface area contributed by atoms with Crippen LogP contribution in [0.1, 0.15) is 11.3 Å². The molecule has 0 saturated heterocycles. The van der Waals surface area contributed by atoms with E-state index in [-0.39, 0.29) is 12.1 Å². The average molecular weight is 328 g/mol. The summed E-state index contributed by atoms with van der Waals surface area (Å²) in [6, 6.07) is 8.65. The monoisotopic (exact) mass is 328 g/mol. The number of aromatic amines is 1. The molecule has 4 N–H and O–H groups in total. The van der Waals surface area contributed by atoms with Crippen LogP contribution in [0.3, 0.4) is 0 Å². The maximum atomic E-state index is 13.2. The Bertz CT molecular complexity index is 929. The van der Waals surface area contributed by atoms with Crippen LogP contribution in [0.2, 0.25) is 0 Å². The predicted molar refractivity (Wildman–Crippen MR) is 88.0 cm³/mol. The van der Waals surface area contributed by atoms with Crippen LogP contribution in [0.5, 0.6) is 0 Å². The summed E-state index contributed by atoms with van der Waals surface area (Å²) in [4.78, 5) is 11.3. The smallest absolute Gasteiger partial charge is 0.250 e. The van der Waals surface area contributed by atoms with Crippen LogP contribution >= 0.6 is 0 Å². The molecule has 3 aromatic rings. The number of carbonyl (C=O) groups excluding carboxylic acids is 1. The highest BCUT2D eigenvalue weighted by Crippen LogP contribution is 2.25. The molecular formula is C17H14F2N4O. The van der Waals surface area contributed by atoms with Crippen molar-refractivity contribution in [2.75, 3.05) is 5.32 Å². The van der Waals surface area contributed by atoms with Gasteiger partial charge in [0.05, 0.1) is 11.1 Å². The van der Waals surface area contributed by atoms with Gasteiger partial charge in [0.15, 0.2) is 0 Å². The molecule has 2 aromatic carbocycles. The zero-order chi connectivity index (χ0) is 17.3. The van der Waals surface area contributed by atoms with Gasteiger partial charge in [0.25, 0.3) is 0 Å². The van der Waals surface area contributed by atoms with Gasteiger partial charge in [-0.1, -0.05) is 6.58 Å².